The first-order valence-electron chi connectivity index (χ1n) is 14.2. The Balaban J connectivity index is 1.03. The molecule has 6 fully saturated rings. The zero-order valence-corrected chi connectivity index (χ0v) is 21.3. The summed E-state index contributed by atoms with van der Waals surface area (Å²) >= 11 is 0. The van der Waals surface area contributed by atoms with Gasteiger partial charge in [0.25, 0.3) is 0 Å². The van der Waals surface area contributed by atoms with Gasteiger partial charge in [0, 0.05) is 18.4 Å². The average Bonchev–Trinajstić information content (AvgIpc) is 3.64. The molecule has 2 aromatic heterocycles. The SMILES string of the molecule is OC[C@H]1O[C@@H](n2cnc3c(NC45CC6CC(CC(C6)C4)C5)ncnc32)[C@@H]2OC3(Cc4ccccc4C3)O[C@@H]21. The summed E-state index contributed by atoms with van der Waals surface area (Å²) in [5.41, 5.74) is 4.12. The molecule has 4 heterocycles. The van der Waals surface area contributed by atoms with Crippen LogP contribution in [0, 0.1) is 17.8 Å². The molecule has 2 saturated heterocycles. The van der Waals surface area contributed by atoms with Crippen LogP contribution < -0.4 is 5.32 Å². The van der Waals surface area contributed by atoms with Gasteiger partial charge in [0.1, 0.15) is 24.6 Å². The molecule has 198 valence electrons. The molecule has 5 aliphatic carbocycles. The van der Waals surface area contributed by atoms with Crippen LogP contribution in [0.5, 0.6) is 0 Å². The highest BCUT2D eigenvalue weighted by Gasteiger charge is 2.60. The normalized spacial score (nSPS) is 39.8. The maximum atomic E-state index is 10.2. The first kappa shape index (κ1) is 22.2. The maximum Gasteiger partial charge on any atom is 0.177 e. The molecule has 9 heteroatoms. The topological polar surface area (TPSA) is 104 Å². The second-order valence-electron chi connectivity index (χ2n) is 12.8. The lowest BCUT2D eigenvalue weighted by Crippen LogP contribution is -2.54. The molecule has 1 spiro atoms. The molecule has 9 nitrogen and oxygen atoms in total. The van der Waals surface area contributed by atoms with E-state index in [0.29, 0.717) is 18.5 Å². The van der Waals surface area contributed by atoms with Crippen LogP contribution in [-0.2, 0) is 27.1 Å². The van der Waals surface area contributed by atoms with Gasteiger partial charge in [0.05, 0.1) is 12.9 Å². The van der Waals surface area contributed by atoms with E-state index in [1.807, 2.05) is 4.57 Å². The van der Waals surface area contributed by atoms with Crippen molar-refractivity contribution >= 4 is 17.0 Å². The van der Waals surface area contributed by atoms with Crippen LogP contribution >= 0.6 is 0 Å². The van der Waals surface area contributed by atoms with Gasteiger partial charge in [0.2, 0.25) is 0 Å². The summed E-state index contributed by atoms with van der Waals surface area (Å²) in [6.45, 7) is -0.134. The molecule has 1 aromatic carbocycles. The summed E-state index contributed by atoms with van der Waals surface area (Å²) in [6, 6.07) is 8.40. The minimum Gasteiger partial charge on any atom is -0.394 e. The quantitative estimate of drug-likeness (QED) is 0.545. The fourth-order valence-electron chi connectivity index (χ4n) is 9.23. The Morgan fingerprint density at radius 3 is 2.29 bits per heavy atom. The zero-order valence-electron chi connectivity index (χ0n) is 21.3. The monoisotopic (exact) mass is 515 g/mol. The highest BCUT2D eigenvalue weighted by molar-refractivity contribution is 5.83. The van der Waals surface area contributed by atoms with E-state index >= 15 is 0 Å². The molecule has 38 heavy (non-hydrogen) atoms. The number of hydrogen-bond donors (Lipinski definition) is 2. The van der Waals surface area contributed by atoms with Crippen LogP contribution in [0.4, 0.5) is 5.82 Å². The van der Waals surface area contributed by atoms with E-state index in [-0.39, 0.29) is 24.4 Å². The van der Waals surface area contributed by atoms with Crippen molar-refractivity contribution in [3.8, 4) is 0 Å². The van der Waals surface area contributed by atoms with Gasteiger partial charge in [-0.25, -0.2) is 15.0 Å². The fraction of sp³-hybridized carbons (Fsp3) is 0.621. The Morgan fingerprint density at radius 2 is 1.61 bits per heavy atom. The van der Waals surface area contributed by atoms with Gasteiger partial charge in [-0.1, -0.05) is 24.3 Å². The van der Waals surface area contributed by atoms with Gasteiger partial charge in [-0.15, -0.1) is 0 Å². The van der Waals surface area contributed by atoms with Crippen molar-refractivity contribution in [3.05, 3.63) is 48.0 Å². The summed E-state index contributed by atoms with van der Waals surface area (Å²) < 4.78 is 21.5. The fourth-order valence-corrected chi connectivity index (χ4v) is 9.23. The molecule has 0 amide bonds. The van der Waals surface area contributed by atoms with Crippen molar-refractivity contribution in [1.29, 1.82) is 0 Å². The van der Waals surface area contributed by atoms with Crippen LogP contribution in [0.2, 0.25) is 0 Å². The molecule has 10 rings (SSSR count). The maximum absolute atomic E-state index is 10.2. The Hall–Kier alpha value is -2.59. The number of rotatable bonds is 4. The molecule has 2 aliphatic heterocycles. The third-order valence-corrected chi connectivity index (χ3v) is 10.3. The van der Waals surface area contributed by atoms with E-state index in [2.05, 4.69) is 39.6 Å². The third kappa shape index (κ3) is 3.16. The predicted octanol–water partition coefficient (Wildman–Crippen LogP) is 3.38. The smallest absolute Gasteiger partial charge is 0.177 e. The number of nitrogens with zero attached hydrogens (tertiary/aromatic N) is 4. The molecule has 7 aliphatic rings. The molecule has 3 aromatic rings. The lowest BCUT2D eigenvalue weighted by molar-refractivity contribution is -0.213. The van der Waals surface area contributed by atoms with Crippen LogP contribution in [0.3, 0.4) is 0 Å². The van der Waals surface area contributed by atoms with E-state index in [1.54, 1.807) is 12.7 Å². The number of imidazole rings is 1. The Morgan fingerprint density at radius 1 is 0.921 bits per heavy atom. The standard InChI is InChI=1S/C29H33N5O4/c35-13-21-23-24(38-29(37-23)11-19-3-1-2-4-20(19)12-29)27(36-21)34-15-32-22-25(30-14-31-26(22)34)33-28-8-16-5-17(9-28)7-18(6-16)10-28/h1-4,14-18,21,23-24,27,35H,5-13H2,(H,30,31,33)/t16?,17?,18?,21-,23-,24-,27-,28?/m1/s1. The number of aliphatic hydroxyl groups excluding tert-OH is 1. The lowest BCUT2D eigenvalue weighted by Gasteiger charge is -2.57. The summed E-state index contributed by atoms with van der Waals surface area (Å²) in [6.07, 6.45) is 11.0. The van der Waals surface area contributed by atoms with Gasteiger partial charge in [-0.05, 0) is 67.4 Å². The number of aromatic nitrogens is 4. The number of hydrogen-bond acceptors (Lipinski definition) is 8. The van der Waals surface area contributed by atoms with Gasteiger partial charge in [0.15, 0.2) is 29.0 Å². The molecule has 2 N–H and O–H groups in total. The molecule has 0 unspecified atom stereocenters. The predicted molar refractivity (Wildman–Crippen MR) is 137 cm³/mol. The Kier molecular flexibility index (Phi) is 4.54. The molecule has 4 saturated carbocycles. The van der Waals surface area contributed by atoms with Gasteiger partial charge in [-0.3, -0.25) is 4.57 Å². The van der Waals surface area contributed by atoms with Crippen molar-refractivity contribution in [1.82, 2.24) is 19.5 Å². The van der Waals surface area contributed by atoms with Crippen LogP contribution in [0.25, 0.3) is 11.2 Å². The van der Waals surface area contributed by atoms with Gasteiger partial charge < -0.3 is 24.6 Å². The van der Waals surface area contributed by atoms with Crippen LogP contribution in [0.1, 0.15) is 55.9 Å². The molecular formula is C29H33N5O4. The van der Waals surface area contributed by atoms with Crippen molar-refractivity contribution < 1.29 is 19.3 Å². The number of nitrogens with one attached hydrogen (secondary N) is 1. The Bertz CT molecular complexity index is 1360. The molecule has 4 atom stereocenters. The molecule has 0 radical (unpaired) electrons. The van der Waals surface area contributed by atoms with E-state index < -0.39 is 18.1 Å². The van der Waals surface area contributed by atoms with Crippen molar-refractivity contribution in [3.63, 3.8) is 0 Å². The van der Waals surface area contributed by atoms with Crippen LogP contribution in [-0.4, -0.2) is 60.9 Å². The van der Waals surface area contributed by atoms with Crippen molar-refractivity contribution in [2.75, 3.05) is 11.9 Å². The summed E-state index contributed by atoms with van der Waals surface area (Å²) in [5, 5.41) is 14.0. The van der Waals surface area contributed by atoms with E-state index in [4.69, 9.17) is 19.2 Å². The van der Waals surface area contributed by atoms with Crippen LogP contribution in [0.15, 0.2) is 36.9 Å². The number of anilines is 1. The second-order valence-corrected chi connectivity index (χ2v) is 12.8. The van der Waals surface area contributed by atoms with E-state index in [1.165, 1.54) is 49.7 Å². The highest BCUT2D eigenvalue weighted by atomic mass is 16.8. The number of ether oxygens (including phenoxy) is 3. The van der Waals surface area contributed by atoms with E-state index in [9.17, 15) is 5.11 Å². The van der Waals surface area contributed by atoms with Crippen molar-refractivity contribution in [2.24, 2.45) is 17.8 Å². The molecular weight excluding hydrogens is 482 g/mol. The van der Waals surface area contributed by atoms with Gasteiger partial charge in [-0.2, -0.15) is 0 Å². The minimum atomic E-state index is -0.717. The number of fused-ring (bicyclic) bond motifs is 3. The zero-order chi connectivity index (χ0) is 25.1. The largest absolute Gasteiger partial charge is 0.394 e. The second kappa shape index (κ2) is 7.75. The summed E-state index contributed by atoms with van der Waals surface area (Å²) in [7, 11) is 0. The summed E-state index contributed by atoms with van der Waals surface area (Å²) in [4.78, 5) is 14.1. The van der Waals surface area contributed by atoms with Gasteiger partial charge >= 0.3 is 0 Å². The third-order valence-electron chi connectivity index (χ3n) is 10.3. The molecule has 4 bridgehead atoms. The first-order chi connectivity index (χ1) is 18.6. The average molecular weight is 516 g/mol. The number of aliphatic hydroxyl groups is 1. The number of benzene rings is 1. The first-order valence-corrected chi connectivity index (χ1v) is 14.2. The van der Waals surface area contributed by atoms with E-state index in [0.717, 1.165) is 29.1 Å². The van der Waals surface area contributed by atoms with Crippen molar-refractivity contribution in [2.45, 2.75) is 87.2 Å². The highest BCUT2D eigenvalue weighted by Crippen LogP contribution is 2.57. The minimum absolute atomic E-state index is 0.128. The Labute approximate surface area is 220 Å². The summed E-state index contributed by atoms with van der Waals surface area (Å²) in [5.74, 6) is 2.63. The lowest BCUT2D eigenvalue weighted by atomic mass is 9.53.